The summed E-state index contributed by atoms with van der Waals surface area (Å²) in [6.45, 7) is 1.55. The van der Waals surface area contributed by atoms with Gasteiger partial charge < -0.3 is 14.8 Å². The van der Waals surface area contributed by atoms with Crippen LogP contribution in [0.5, 0.6) is 5.75 Å². The molecule has 1 unspecified atom stereocenters. The number of hydrogen-bond donors (Lipinski definition) is 1. The van der Waals surface area contributed by atoms with E-state index in [1.807, 2.05) is 24.3 Å². The zero-order valence-corrected chi connectivity index (χ0v) is 12.3. The lowest BCUT2D eigenvalue weighted by Gasteiger charge is -2.12. The van der Waals surface area contributed by atoms with Crippen molar-refractivity contribution in [3.63, 3.8) is 0 Å². The molecule has 0 saturated carbocycles. The number of aromatic nitrogens is 2. The van der Waals surface area contributed by atoms with E-state index in [-0.39, 0.29) is 18.6 Å². The second-order valence-electron chi connectivity index (χ2n) is 5.23. The second-order valence-corrected chi connectivity index (χ2v) is 5.23. The van der Waals surface area contributed by atoms with Gasteiger partial charge in [0.05, 0.1) is 6.10 Å². The van der Waals surface area contributed by atoms with Crippen molar-refractivity contribution in [1.29, 1.82) is 0 Å². The van der Waals surface area contributed by atoms with Gasteiger partial charge in [-0.2, -0.15) is 5.10 Å². The number of rotatable bonds is 6. The number of anilines is 1. The molecule has 1 N–H and O–H groups in total. The maximum absolute atomic E-state index is 11.9. The van der Waals surface area contributed by atoms with Crippen LogP contribution >= 0.6 is 0 Å². The molecule has 1 atom stereocenters. The van der Waals surface area contributed by atoms with Gasteiger partial charge in [-0.1, -0.05) is 6.07 Å². The van der Waals surface area contributed by atoms with Gasteiger partial charge in [0.15, 0.2) is 0 Å². The average Bonchev–Trinajstić information content (AvgIpc) is 3.18. The molecule has 2 heterocycles. The molecule has 0 aliphatic carbocycles. The van der Waals surface area contributed by atoms with E-state index in [1.165, 1.54) is 0 Å². The molecular weight excluding hydrogens is 282 g/mol. The quantitative estimate of drug-likeness (QED) is 0.887. The van der Waals surface area contributed by atoms with Crippen LogP contribution in [0.25, 0.3) is 0 Å². The van der Waals surface area contributed by atoms with Crippen LogP contribution < -0.4 is 10.1 Å². The summed E-state index contributed by atoms with van der Waals surface area (Å²) in [5.74, 6) is 0.604. The molecule has 0 spiro atoms. The molecule has 3 rings (SSSR count). The SMILES string of the molecule is O=C(Cn1cccn1)Nc1cccc(OCC2CCCO2)c1. The minimum Gasteiger partial charge on any atom is -0.491 e. The van der Waals surface area contributed by atoms with Crippen molar-refractivity contribution >= 4 is 11.6 Å². The summed E-state index contributed by atoms with van der Waals surface area (Å²) in [5, 5.41) is 6.84. The van der Waals surface area contributed by atoms with E-state index < -0.39 is 0 Å². The summed E-state index contributed by atoms with van der Waals surface area (Å²) < 4.78 is 12.8. The fraction of sp³-hybridized carbons (Fsp3) is 0.375. The topological polar surface area (TPSA) is 65.4 Å². The summed E-state index contributed by atoms with van der Waals surface area (Å²) in [5.41, 5.74) is 0.710. The van der Waals surface area contributed by atoms with Crippen molar-refractivity contribution < 1.29 is 14.3 Å². The lowest BCUT2D eigenvalue weighted by molar-refractivity contribution is -0.116. The highest BCUT2D eigenvalue weighted by atomic mass is 16.5. The lowest BCUT2D eigenvalue weighted by atomic mass is 10.2. The van der Waals surface area contributed by atoms with Gasteiger partial charge in [0, 0.05) is 30.8 Å². The fourth-order valence-corrected chi connectivity index (χ4v) is 2.37. The predicted octanol–water partition coefficient (Wildman–Crippen LogP) is 2.08. The minimum atomic E-state index is -0.125. The van der Waals surface area contributed by atoms with E-state index in [2.05, 4.69) is 10.4 Å². The molecule has 1 aliphatic rings. The minimum absolute atomic E-state index is 0.125. The third-order valence-corrected chi connectivity index (χ3v) is 3.44. The van der Waals surface area contributed by atoms with E-state index in [1.54, 1.807) is 23.1 Å². The number of carbonyl (C=O) groups excluding carboxylic acids is 1. The first-order valence-electron chi connectivity index (χ1n) is 7.41. The highest BCUT2D eigenvalue weighted by Gasteiger charge is 2.16. The van der Waals surface area contributed by atoms with Gasteiger partial charge >= 0.3 is 0 Å². The Morgan fingerprint density at radius 3 is 3.18 bits per heavy atom. The van der Waals surface area contributed by atoms with Crippen LogP contribution in [0, 0.1) is 0 Å². The van der Waals surface area contributed by atoms with Crippen molar-refractivity contribution in [2.75, 3.05) is 18.5 Å². The van der Waals surface area contributed by atoms with Gasteiger partial charge in [-0.05, 0) is 31.0 Å². The van der Waals surface area contributed by atoms with Crippen LogP contribution in [0.4, 0.5) is 5.69 Å². The summed E-state index contributed by atoms with van der Waals surface area (Å²) in [6.07, 6.45) is 5.71. The maximum atomic E-state index is 11.9. The highest BCUT2D eigenvalue weighted by molar-refractivity contribution is 5.90. The van der Waals surface area contributed by atoms with Gasteiger partial charge in [0.25, 0.3) is 0 Å². The van der Waals surface area contributed by atoms with Gasteiger partial charge in [-0.25, -0.2) is 0 Å². The molecular formula is C16H19N3O3. The monoisotopic (exact) mass is 301 g/mol. The number of hydrogen-bond acceptors (Lipinski definition) is 4. The molecule has 2 aromatic rings. The van der Waals surface area contributed by atoms with Crippen molar-refractivity contribution in [3.05, 3.63) is 42.7 Å². The zero-order valence-electron chi connectivity index (χ0n) is 12.3. The Hall–Kier alpha value is -2.34. The Balaban J connectivity index is 1.52. The van der Waals surface area contributed by atoms with Gasteiger partial charge in [0.1, 0.15) is 18.9 Å². The molecule has 0 bridgehead atoms. The predicted molar refractivity (Wildman–Crippen MR) is 81.8 cm³/mol. The normalized spacial score (nSPS) is 17.4. The Kier molecular flexibility index (Phi) is 4.70. The Morgan fingerprint density at radius 1 is 1.45 bits per heavy atom. The summed E-state index contributed by atoms with van der Waals surface area (Å²) >= 11 is 0. The second kappa shape index (κ2) is 7.09. The molecule has 1 saturated heterocycles. The van der Waals surface area contributed by atoms with E-state index >= 15 is 0 Å². The molecule has 6 nitrogen and oxygen atoms in total. The molecule has 1 amide bonds. The number of benzene rings is 1. The third-order valence-electron chi connectivity index (χ3n) is 3.44. The van der Waals surface area contributed by atoms with E-state index in [0.717, 1.165) is 25.2 Å². The van der Waals surface area contributed by atoms with Crippen LogP contribution in [-0.2, 0) is 16.1 Å². The maximum Gasteiger partial charge on any atom is 0.246 e. The van der Waals surface area contributed by atoms with Crippen LogP contribution in [0.1, 0.15) is 12.8 Å². The Bertz CT molecular complexity index is 607. The first kappa shape index (κ1) is 14.6. The van der Waals surface area contributed by atoms with Gasteiger partial charge in [-0.15, -0.1) is 0 Å². The fourth-order valence-electron chi connectivity index (χ4n) is 2.37. The first-order chi connectivity index (χ1) is 10.8. The Morgan fingerprint density at radius 2 is 2.41 bits per heavy atom. The lowest BCUT2D eigenvalue weighted by Crippen LogP contribution is -2.19. The molecule has 116 valence electrons. The van der Waals surface area contributed by atoms with E-state index in [4.69, 9.17) is 9.47 Å². The van der Waals surface area contributed by atoms with Crippen molar-refractivity contribution in [2.24, 2.45) is 0 Å². The summed E-state index contributed by atoms with van der Waals surface area (Å²) in [7, 11) is 0. The van der Waals surface area contributed by atoms with E-state index in [9.17, 15) is 4.79 Å². The van der Waals surface area contributed by atoms with Crippen molar-refractivity contribution in [1.82, 2.24) is 9.78 Å². The van der Waals surface area contributed by atoms with Crippen LogP contribution in [0.15, 0.2) is 42.7 Å². The number of nitrogens with one attached hydrogen (secondary N) is 1. The van der Waals surface area contributed by atoms with Crippen LogP contribution in [0.2, 0.25) is 0 Å². The van der Waals surface area contributed by atoms with Crippen molar-refractivity contribution in [2.45, 2.75) is 25.5 Å². The zero-order chi connectivity index (χ0) is 15.2. The van der Waals surface area contributed by atoms with Crippen molar-refractivity contribution in [3.8, 4) is 5.75 Å². The molecule has 22 heavy (non-hydrogen) atoms. The highest BCUT2D eigenvalue weighted by Crippen LogP contribution is 2.19. The third kappa shape index (κ3) is 4.08. The summed E-state index contributed by atoms with van der Waals surface area (Å²) in [6, 6.07) is 9.16. The number of carbonyl (C=O) groups is 1. The molecule has 6 heteroatoms. The van der Waals surface area contributed by atoms with Gasteiger partial charge in [-0.3, -0.25) is 9.48 Å². The molecule has 1 aromatic carbocycles. The standard InChI is InChI=1S/C16H19N3O3/c20-16(11-19-8-3-7-17-19)18-13-4-1-5-14(10-13)22-12-15-6-2-9-21-15/h1,3-5,7-8,10,15H,2,6,9,11-12H2,(H,18,20). The average molecular weight is 301 g/mol. The molecule has 1 fully saturated rings. The summed E-state index contributed by atoms with van der Waals surface area (Å²) in [4.78, 5) is 11.9. The van der Waals surface area contributed by atoms with E-state index in [0.29, 0.717) is 12.3 Å². The van der Waals surface area contributed by atoms with Crippen LogP contribution in [0.3, 0.4) is 0 Å². The number of amides is 1. The van der Waals surface area contributed by atoms with Gasteiger partial charge in [0.2, 0.25) is 5.91 Å². The molecule has 0 radical (unpaired) electrons. The van der Waals surface area contributed by atoms with Crippen LogP contribution in [-0.4, -0.2) is 35.0 Å². The largest absolute Gasteiger partial charge is 0.491 e. The smallest absolute Gasteiger partial charge is 0.246 e. The molecule has 1 aromatic heterocycles. The first-order valence-corrected chi connectivity index (χ1v) is 7.41. The Labute approximate surface area is 129 Å². The number of ether oxygens (including phenoxy) is 2. The molecule has 1 aliphatic heterocycles. The number of nitrogens with zero attached hydrogens (tertiary/aromatic N) is 2.